The minimum atomic E-state index is -0.290. The molecule has 5 nitrogen and oxygen atoms in total. The monoisotopic (exact) mass is 409 g/mol. The first-order valence-electron chi connectivity index (χ1n) is 6.02. The van der Waals surface area contributed by atoms with Crippen molar-refractivity contribution in [3.05, 3.63) is 50.5 Å². The number of halogens is 2. The van der Waals surface area contributed by atoms with E-state index in [1.54, 1.807) is 24.4 Å². The summed E-state index contributed by atoms with van der Waals surface area (Å²) in [5.74, 6) is 0.0641. The number of fused-ring (bicyclic) bond motifs is 1. The van der Waals surface area contributed by atoms with Gasteiger partial charge < -0.3 is 5.32 Å². The second kappa shape index (κ2) is 5.23. The first-order valence-corrected chi connectivity index (χ1v) is 7.60. The normalized spacial score (nSPS) is 13.6. The molecule has 1 aromatic carbocycles. The lowest BCUT2D eigenvalue weighted by Gasteiger charge is -2.08. The lowest BCUT2D eigenvalue weighted by Crippen LogP contribution is -2.24. The molecule has 2 heterocycles. The Labute approximate surface area is 137 Å². The number of nitrogens with zero attached hydrogens (tertiary/aromatic N) is 2. The van der Waals surface area contributed by atoms with Gasteiger partial charge in [0.2, 0.25) is 0 Å². The number of hydrogen-bond acceptors (Lipinski definition) is 4. The van der Waals surface area contributed by atoms with Crippen LogP contribution in [0.2, 0.25) is 0 Å². The number of aromatic nitrogens is 1. The quantitative estimate of drug-likeness (QED) is 0.768. The Balaban J connectivity index is 1.95. The average molecular weight is 411 g/mol. The Morgan fingerprint density at radius 3 is 2.52 bits per heavy atom. The number of anilines is 2. The Hall–Kier alpha value is -1.73. The highest BCUT2D eigenvalue weighted by atomic mass is 79.9. The summed E-state index contributed by atoms with van der Waals surface area (Å²) in [5.41, 5.74) is 1.53. The van der Waals surface area contributed by atoms with Crippen LogP contribution in [-0.4, -0.2) is 28.7 Å². The van der Waals surface area contributed by atoms with E-state index < -0.39 is 0 Å². The van der Waals surface area contributed by atoms with Gasteiger partial charge in [0.15, 0.2) is 0 Å². The third kappa shape index (κ3) is 2.47. The van der Waals surface area contributed by atoms with E-state index in [0.717, 1.165) is 13.8 Å². The second-order valence-corrected chi connectivity index (χ2v) is 6.31. The molecule has 0 bridgehead atoms. The van der Waals surface area contributed by atoms with E-state index in [2.05, 4.69) is 42.2 Å². The van der Waals surface area contributed by atoms with Crippen molar-refractivity contribution in [3.8, 4) is 0 Å². The Morgan fingerprint density at radius 1 is 1.10 bits per heavy atom. The van der Waals surface area contributed by atoms with Crippen LogP contribution < -0.4 is 5.32 Å². The van der Waals surface area contributed by atoms with Gasteiger partial charge in [0.25, 0.3) is 11.8 Å². The maximum Gasteiger partial charge on any atom is 0.261 e. The fourth-order valence-electron chi connectivity index (χ4n) is 2.08. The van der Waals surface area contributed by atoms with Crippen LogP contribution in [0.15, 0.2) is 39.4 Å². The molecule has 3 rings (SSSR count). The van der Waals surface area contributed by atoms with E-state index in [1.807, 2.05) is 6.07 Å². The first-order chi connectivity index (χ1) is 9.97. The highest BCUT2D eigenvalue weighted by molar-refractivity contribution is 9.11. The summed E-state index contributed by atoms with van der Waals surface area (Å²) in [5, 5.41) is 3.12. The predicted octanol–water partition coefficient (Wildman–Crippen LogP) is 3.58. The molecule has 7 heteroatoms. The molecule has 1 aromatic heterocycles. The summed E-state index contributed by atoms with van der Waals surface area (Å²) < 4.78 is 1.65. The van der Waals surface area contributed by atoms with Crippen LogP contribution in [0.3, 0.4) is 0 Å². The van der Waals surface area contributed by atoms with Gasteiger partial charge in [-0.3, -0.25) is 14.5 Å². The van der Waals surface area contributed by atoms with Crippen molar-refractivity contribution in [2.75, 3.05) is 12.4 Å². The molecule has 0 spiro atoms. The summed E-state index contributed by atoms with van der Waals surface area (Å²) in [6.07, 6.45) is 1.67. The Kier molecular flexibility index (Phi) is 3.54. The van der Waals surface area contributed by atoms with Crippen molar-refractivity contribution in [2.45, 2.75) is 0 Å². The maximum absolute atomic E-state index is 12.0. The van der Waals surface area contributed by atoms with Crippen molar-refractivity contribution in [2.24, 2.45) is 0 Å². The van der Waals surface area contributed by atoms with Crippen LogP contribution in [0.1, 0.15) is 20.7 Å². The van der Waals surface area contributed by atoms with Crippen molar-refractivity contribution in [1.29, 1.82) is 0 Å². The number of rotatable bonds is 2. The molecule has 0 atom stereocenters. The molecule has 0 unspecified atom stereocenters. The molecule has 21 heavy (non-hydrogen) atoms. The van der Waals surface area contributed by atoms with E-state index in [4.69, 9.17) is 0 Å². The van der Waals surface area contributed by atoms with Crippen LogP contribution >= 0.6 is 31.9 Å². The molecule has 0 saturated heterocycles. The molecule has 106 valence electrons. The molecule has 0 radical (unpaired) electrons. The minimum Gasteiger partial charge on any atom is -0.339 e. The minimum absolute atomic E-state index is 0.274. The number of carbonyl (C=O) groups excluding carboxylic acids is 2. The van der Waals surface area contributed by atoms with Crippen LogP contribution in [0.5, 0.6) is 0 Å². The van der Waals surface area contributed by atoms with Crippen LogP contribution in [-0.2, 0) is 0 Å². The van der Waals surface area contributed by atoms with E-state index in [-0.39, 0.29) is 11.8 Å². The standard InChI is InChI=1S/C14H9Br2N3O2/c1-19-13(20)9-3-2-8(5-10(9)14(19)21)18-12-11(16)4-7(15)6-17-12/h2-6H,1H3,(H,17,18). The highest BCUT2D eigenvalue weighted by Crippen LogP contribution is 2.29. The largest absolute Gasteiger partial charge is 0.339 e. The SMILES string of the molecule is CN1C(=O)c2ccc(Nc3ncc(Br)cc3Br)cc2C1=O. The van der Waals surface area contributed by atoms with Gasteiger partial charge in [-0.2, -0.15) is 0 Å². The van der Waals surface area contributed by atoms with Crippen molar-refractivity contribution < 1.29 is 9.59 Å². The van der Waals surface area contributed by atoms with E-state index in [1.165, 1.54) is 7.05 Å². The molecule has 1 aliphatic heterocycles. The number of hydrogen-bond donors (Lipinski definition) is 1. The van der Waals surface area contributed by atoms with Crippen LogP contribution in [0.4, 0.5) is 11.5 Å². The third-order valence-electron chi connectivity index (χ3n) is 3.16. The Bertz CT molecular complexity index is 777. The fraction of sp³-hybridized carbons (Fsp3) is 0.0714. The summed E-state index contributed by atoms with van der Waals surface area (Å²) >= 11 is 6.75. The lowest BCUT2D eigenvalue weighted by atomic mass is 10.1. The van der Waals surface area contributed by atoms with Gasteiger partial charge in [-0.05, 0) is 56.1 Å². The van der Waals surface area contributed by atoms with Gasteiger partial charge in [-0.25, -0.2) is 4.98 Å². The molecule has 0 fully saturated rings. The predicted molar refractivity (Wildman–Crippen MR) is 85.8 cm³/mol. The molecule has 2 aromatic rings. The van der Waals surface area contributed by atoms with Gasteiger partial charge in [0, 0.05) is 23.4 Å². The van der Waals surface area contributed by atoms with Gasteiger partial charge in [0.05, 0.1) is 15.6 Å². The van der Waals surface area contributed by atoms with Gasteiger partial charge >= 0.3 is 0 Å². The van der Waals surface area contributed by atoms with E-state index in [0.29, 0.717) is 22.6 Å². The molecular weight excluding hydrogens is 402 g/mol. The van der Waals surface area contributed by atoms with Crippen molar-refractivity contribution >= 4 is 55.2 Å². The average Bonchev–Trinajstić information content (AvgIpc) is 2.67. The van der Waals surface area contributed by atoms with Crippen LogP contribution in [0, 0.1) is 0 Å². The summed E-state index contributed by atoms with van der Waals surface area (Å²) in [6.45, 7) is 0. The topological polar surface area (TPSA) is 62.3 Å². The second-order valence-electron chi connectivity index (χ2n) is 4.54. The van der Waals surface area contributed by atoms with Crippen LogP contribution in [0.25, 0.3) is 0 Å². The molecule has 0 saturated carbocycles. The highest BCUT2D eigenvalue weighted by Gasteiger charge is 2.32. The molecule has 1 aliphatic rings. The number of amides is 2. The summed E-state index contributed by atoms with van der Waals surface area (Å²) in [7, 11) is 1.48. The number of pyridine rings is 1. The number of carbonyl (C=O) groups is 2. The van der Waals surface area contributed by atoms with E-state index in [9.17, 15) is 9.59 Å². The fourth-order valence-corrected chi connectivity index (χ4v) is 3.17. The third-order valence-corrected chi connectivity index (χ3v) is 4.20. The zero-order valence-corrected chi connectivity index (χ0v) is 14.0. The van der Waals surface area contributed by atoms with Gasteiger partial charge in [0.1, 0.15) is 5.82 Å². The van der Waals surface area contributed by atoms with Crippen molar-refractivity contribution in [1.82, 2.24) is 9.88 Å². The zero-order valence-electron chi connectivity index (χ0n) is 10.9. The zero-order chi connectivity index (χ0) is 15.1. The number of benzene rings is 1. The molecule has 0 aliphatic carbocycles. The summed E-state index contributed by atoms with van der Waals surface area (Å²) in [4.78, 5) is 29.2. The molecular formula is C14H9Br2N3O2. The van der Waals surface area contributed by atoms with Crippen molar-refractivity contribution in [3.63, 3.8) is 0 Å². The Morgan fingerprint density at radius 2 is 1.81 bits per heavy atom. The summed E-state index contributed by atoms with van der Waals surface area (Å²) in [6, 6.07) is 6.92. The van der Waals surface area contributed by atoms with Gasteiger partial charge in [-0.1, -0.05) is 0 Å². The first kappa shape index (κ1) is 14.2. The number of imide groups is 1. The number of nitrogens with one attached hydrogen (secondary N) is 1. The molecule has 1 N–H and O–H groups in total. The molecule has 2 amide bonds. The lowest BCUT2D eigenvalue weighted by molar-refractivity contribution is 0.0693. The maximum atomic E-state index is 12.0. The smallest absolute Gasteiger partial charge is 0.261 e. The van der Waals surface area contributed by atoms with E-state index >= 15 is 0 Å². The van der Waals surface area contributed by atoms with Gasteiger partial charge in [-0.15, -0.1) is 0 Å².